The Kier molecular flexibility index (Phi) is 9.28. The van der Waals surface area contributed by atoms with Crippen LogP contribution in [-0.2, 0) is 13.1 Å². The fourth-order valence-corrected chi connectivity index (χ4v) is 4.48. The summed E-state index contributed by atoms with van der Waals surface area (Å²) >= 11 is 3.56. The molecule has 0 amide bonds. The van der Waals surface area contributed by atoms with E-state index in [0.29, 0.717) is 18.4 Å². The van der Waals surface area contributed by atoms with Crippen molar-refractivity contribution in [3.8, 4) is 11.8 Å². The van der Waals surface area contributed by atoms with E-state index in [2.05, 4.69) is 21.8 Å². The first kappa shape index (κ1) is 22.7. The van der Waals surface area contributed by atoms with Crippen LogP contribution in [0.25, 0.3) is 0 Å². The van der Waals surface area contributed by atoms with Gasteiger partial charge < -0.3 is 5.73 Å². The molecule has 2 aromatic rings. The van der Waals surface area contributed by atoms with Gasteiger partial charge in [-0.15, -0.1) is 23.7 Å². The summed E-state index contributed by atoms with van der Waals surface area (Å²) in [4.78, 5) is 16.7. The summed E-state index contributed by atoms with van der Waals surface area (Å²) in [6, 6.07) is 3.95. The second-order valence-electron chi connectivity index (χ2n) is 6.13. The molecule has 152 valence electrons. The number of rotatable bonds is 6. The first-order valence-corrected chi connectivity index (χ1v) is 10.6. The number of nitrogens with two attached hydrogens (primary N) is 1. The van der Waals surface area contributed by atoms with E-state index in [1.54, 1.807) is 11.3 Å². The molecule has 1 aliphatic rings. The molecule has 0 radical (unpaired) electrons. The first-order chi connectivity index (χ1) is 13.2. The van der Waals surface area contributed by atoms with E-state index in [4.69, 9.17) is 5.73 Å². The van der Waals surface area contributed by atoms with Gasteiger partial charge in [0, 0.05) is 36.0 Å². The number of nitrogens with zero attached hydrogens (tertiary/aromatic N) is 4. The fourth-order valence-electron chi connectivity index (χ4n) is 2.62. The molecule has 2 N–H and O–H groups in total. The molecule has 3 heterocycles. The van der Waals surface area contributed by atoms with Crippen molar-refractivity contribution >= 4 is 35.5 Å². The highest BCUT2D eigenvalue weighted by atomic mass is 35.5. The Balaban J connectivity index is 0.00000280. The molecule has 3 rings (SSSR count). The molecule has 0 bridgehead atoms. The van der Waals surface area contributed by atoms with Crippen LogP contribution in [0.4, 0.5) is 4.39 Å². The van der Waals surface area contributed by atoms with Crippen LogP contribution in [0.2, 0.25) is 0 Å². The maximum absolute atomic E-state index is 12.6. The topological polar surface area (TPSA) is 69.1 Å². The number of thioether (sulfide) groups is 1. The van der Waals surface area contributed by atoms with Gasteiger partial charge in [-0.25, -0.2) is 13.9 Å². The van der Waals surface area contributed by atoms with Gasteiger partial charge >= 0.3 is 5.69 Å². The zero-order valence-corrected chi connectivity index (χ0v) is 17.8. The van der Waals surface area contributed by atoms with Crippen molar-refractivity contribution in [2.45, 2.75) is 13.1 Å². The van der Waals surface area contributed by atoms with E-state index >= 15 is 0 Å². The van der Waals surface area contributed by atoms with Gasteiger partial charge in [0.2, 0.25) is 0 Å². The van der Waals surface area contributed by atoms with Crippen LogP contribution in [0.5, 0.6) is 0 Å². The van der Waals surface area contributed by atoms with Crippen LogP contribution in [-0.4, -0.2) is 56.9 Å². The summed E-state index contributed by atoms with van der Waals surface area (Å²) in [5, 5.41) is 4.03. The Morgan fingerprint density at radius 3 is 2.86 bits per heavy atom. The van der Waals surface area contributed by atoms with Crippen LogP contribution in [0.3, 0.4) is 0 Å². The molecule has 0 saturated carbocycles. The second-order valence-corrected chi connectivity index (χ2v) is 8.52. The molecule has 1 aliphatic heterocycles. The summed E-state index contributed by atoms with van der Waals surface area (Å²) in [5.74, 6) is 8.81. The molecule has 0 aliphatic carbocycles. The third-order valence-corrected chi connectivity index (χ3v) is 6.10. The largest absolute Gasteiger partial charge is 0.346 e. The van der Waals surface area contributed by atoms with Gasteiger partial charge in [0.05, 0.1) is 30.8 Å². The molecule has 0 aromatic carbocycles. The monoisotopic (exact) mass is 443 g/mol. The van der Waals surface area contributed by atoms with E-state index in [0.717, 1.165) is 29.4 Å². The van der Waals surface area contributed by atoms with Crippen LogP contribution in [0, 0.1) is 11.8 Å². The van der Waals surface area contributed by atoms with Gasteiger partial charge in [-0.05, 0) is 17.7 Å². The summed E-state index contributed by atoms with van der Waals surface area (Å²) in [6.07, 6.45) is 1.90. The molecule has 2 aromatic heterocycles. The smallest absolute Gasteiger partial charge is 0.327 e. The predicted octanol–water partition coefficient (Wildman–Crippen LogP) is 1.79. The molecule has 6 nitrogen and oxygen atoms in total. The third kappa shape index (κ3) is 6.22. The maximum Gasteiger partial charge on any atom is 0.346 e. The molecular formula is C18H23ClFN5OS2. The minimum atomic E-state index is -0.285. The standard InChI is InChI=1S/C18H22FN5OS2.ClH/c19-10-15(11-20)12-24-18(25)23(14-21-24)13-17-4-3-16(27-17)2-1-5-22-6-8-26-9-7-22;/h3-4,10,14H,5-9,11-13,20H2;1H/b15-10+;. The quantitative estimate of drug-likeness (QED) is 0.689. The van der Waals surface area contributed by atoms with Crippen molar-refractivity contribution in [2.75, 3.05) is 37.7 Å². The molecule has 1 fully saturated rings. The van der Waals surface area contributed by atoms with Gasteiger partial charge in [0.1, 0.15) is 6.33 Å². The van der Waals surface area contributed by atoms with Crippen LogP contribution >= 0.6 is 35.5 Å². The van der Waals surface area contributed by atoms with E-state index in [9.17, 15) is 9.18 Å². The second kappa shape index (κ2) is 11.4. The van der Waals surface area contributed by atoms with Crippen molar-refractivity contribution in [3.05, 3.63) is 50.6 Å². The third-order valence-electron chi connectivity index (χ3n) is 4.17. The minimum absolute atomic E-state index is 0. The van der Waals surface area contributed by atoms with E-state index in [1.165, 1.54) is 27.1 Å². The number of hydrogen-bond donors (Lipinski definition) is 1. The molecule has 28 heavy (non-hydrogen) atoms. The van der Waals surface area contributed by atoms with Gasteiger partial charge in [-0.2, -0.15) is 16.9 Å². The van der Waals surface area contributed by atoms with Crippen molar-refractivity contribution in [1.82, 2.24) is 19.2 Å². The lowest BCUT2D eigenvalue weighted by atomic mass is 10.3. The van der Waals surface area contributed by atoms with Gasteiger partial charge in [-0.3, -0.25) is 9.47 Å². The van der Waals surface area contributed by atoms with Gasteiger partial charge in [0.15, 0.2) is 0 Å². The Morgan fingerprint density at radius 2 is 2.14 bits per heavy atom. The summed E-state index contributed by atoms with van der Waals surface area (Å²) < 4.78 is 15.4. The average molecular weight is 444 g/mol. The lowest BCUT2D eigenvalue weighted by molar-refractivity contribution is 0.341. The minimum Gasteiger partial charge on any atom is -0.327 e. The maximum atomic E-state index is 12.6. The molecule has 0 spiro atoms. The van der Waals surface area contributed by atoms with E-state index in [-0.39, 0.29) is 31.2 Å². The fraction of sp³-hybridized carbons (Fsp3) is 0.444. The highest BCUT2D eigenvalue weighted by molar-refractivity contribution is 7.99. The highest BCUT2D eigenvalue weighted by Gasteiger charge is 2.09. The van der Waals surface area contributed by atoms with Crippen LogP contribution < -0.4 is 11.4 Å². The summed E-state index contributed by atoms with van der Waals surface area (Å²) in [6.45, 7) is 3.54. The molecule has 10 heteroatoms. The number of halogens is 2. The normalized spacial score (nSPS) is 15.0. The summed E-state index contributed by atoms with van der Waals surface area (Å²) in [7, 11) is 0. The molecule has 0 unspecified atom stereocenters. The lowest BCUT2D eigenvalue weighted by Crippen LogP contribution is -2.32. The molecule has 1 saturated heterocycles. The lowest BCUT2D eigenvalue weighted by Gasteiger charge is -2.23. The Morgan fingerprint density at radius 1 is 1.36 bits per heavy atom. The average Bonchev–Trinajstić information content (AvgIpc) is 3.28. The van der Waals surface area contributed by atoms with E-state index in [1.807, 2.05) is 23.9 Å². The van der Waals surface area contributed by atoms with Crippen molar-refractivity contribution < 1.29 is 4.39 Å². The van der Waals surface area contributed by atoms with Crippen molar-refractivity contribution in [3.63, 3.8) is 0 Å². The molecule has 0 atom stereocenters. The van der Waals surface area contributed by atoms with Crippen molar-refractivity contribution in [2.24, 2.45) is 5.73 Å². The number of aromatic nitrogens is 3. The van der Waals surface area contributed by atoms with Gasteiger partial charge in [-0.1, -0.05) is 11.8 Å². The molecular weight excluding hydrogens is 421 g/mol. The first-order valence-electron chi connectivity index (χ1n) is 8.67. The Hall–Kier alpha value is -1.57. The van der Waals surface area contributed by atoms with Crippen molar-refractivity contribution in [1.29, 1.82) is 0 Å². The predicted molar refractivity (Wildman–Crippen MR) is 116 cm³/mol. The number of thiophene rings is 1. The van der Waals surface area contributed by atoms with Crippen LogP contribution in [0.1, 0.15) is 9.75 Å². The zero-order valence-electron chi connectivity index (χ0n) is 15.3. The Bertz CT molecular complexity index is 905. The highest BCUT2D eigenvalue weighted by Crippen LogP contribution is 2.16. The van der Waals surface area contributed by atoms with E-state index < -0.39 is 0 Å². The summed E-state index contributed by atoms with van der Waals surface area (Å²) in [5.41, 5.74) is 5.47. The zero-order chi connectivity index (χ0) is 19.1. The van der Waals surface area contributed by atoms with Gasteiger partial charge in [0.25, 0.3) is 0 Å². The Labute approximate surface area is 178 Å². The van der Waals surface area contributed by atoms with Crippen LogP contribution in [0.15, 0.2) is 35.2 Å². The number of hydrogen-bond acceptors (Lipinski definition) is 6. The SMILES string of the molecule is Cl.NC/C(=C\F)Cn1ncn(Cc2ccc(C#CCN3CCSCC3)s2)c1=O.